The van der Waals surface area contributed by atoms with Crippen molar-refractivity contribution < 1.29 is 105 Å². The molecule has 0 radical (unpaired) electrons. The van der Waals surface area contributed by atoms with Crippen LogP contribution in [0.5, 0.6) is 17.2 Å². The maximum Gasteiger partial charge on any atom is 0.472 e. The number of carbonyl (C=O) groups excluding carboxylic acids is 6. The Bertz CT molecular complexity index is 2860. The van der Waals surface area contributed by atoms with Gasteiger partial charge >= 0.3 is 31.8 Å². The maximum atomic E-state index is 13.9. The number of aryl methyl sites for hydroxylation is 1. The summed E-state index contributed by atoms with van der Waals surface area (Å²) in [5.41, 5.74) is -0.0978. The third-order valence-corrected chi connectivity index (χ3v) is 15.5. The van der Waals surface area contributed by atoms with Crippen molar-refractivity contribution in [3.05, 3.63) is 80.7 Å². The topological polar surface area (TPSA) is 380 Å². The number of urea groups is 1. The average molecular weight is 1380 g/mol. The normalized spacial score (nSPS) is 12.5. The quantitative estimate of drug-likeness (QED) is 0.0149. The molecule has 2 aromatic carbocycles. The fourth-order valence-electron chi connectivity index (χ4n) is 9.30. The molecule has 1 heterocycles. The lowest BCUT2D eigenvalue weighted by Gasteiger charge is -2.21. The van der Waals surface area contributed by atoms with E-state index in [9.17, 15) is 63.1 Å². The summed E-state index contributed by atoms with van der Waals surface area (Å²) < 4.78 is 67.0. The highest BCUT2D eigenvalue weighted by Gasteiger charge is 2.27. The molecule has 534 valence electrons. The Balaban J connectivity index is 1.20. The molecule has 8 N–H and O–H groups in total. The van der Waals surface area contributed by atoms with Gasteiger partial charge in [0.05, 0.1) is 78.5 Å². The standard InChI is InChI=1S/C65H99ClN5O23P/c1-4-5-6-7-8-9-10-11-12-13-14-15-16-17-18-27-61(80)94-53(44-91-49(3)72)45-93-95(83,84)92-30-21-24-52(74)43-88-36-35-86-32-29-68-59(77)47-89-46-58(76)67-28-31-85-33-34-87-37-38-90-63-48(2)41-71(42-54-55(66)25-20-26-57(54)75)64(81)62(63)70-65(82)69-56(40-60(78)79)50-22-19-23-51(73)39-50/h19-20,22-23,25-26,39,41,53,56,73,75H,4-18,21,24,27-38,40,42-47H2,1-3H3,(H,67,76)(H,68,77)(H,78,79)(H,83,84)(H2,69,70,82)/t53-,56+/m1/s1. The molecule has 0 bridgehead atoms. The Morgan fingerprint density at radius 2 is 1.24 bits per heavy atom. The number of phenolic OH excluding ortho intramolecular Hbond substituents is 2. The molecule has 3 atom stereocenters. The zero-order chi connectivity index (χ0) is 69.5. The van der Waals surface area contributed by atoms with Crippen molar-refractivity contribution in [2.75, 3.05) is 111 Å². The van der Waals surface area contributed by atoms with Gasteiger partial charge < -0.3 is 83.9 Å². The second-order valence-electron chi connectivity index (χ2n) is 22.3. The molecule has 0 saturated heterocycles. The minimum Gasteiger partial charge on any atom is -0.508 e. The number of amides is 4. The number of aromatic hydroxyl groups is 2. The number of hydrogen-bond donors (Lipinski definition) is 8. The third kappa shape index (κ3) is 39.2. The number of hydrogen-bond acceptors (Lipinski definition) is 21. The number of phosphoric ester groups is 1. The number of benzene rings is 2. The van der Waals surface area contributed by atoms with E-state index in [1.165, 1.54) is 125 Å². The predicted octanol–water partition coefficient (Wildman–Crippen LogP) is 8.52. The molecule has 1 unspecified atom stereocenters. The van der Waals surface area contributed by atoms with Crippen molar-refractivity contribution in [3.8, 4) is 17.2 Å². The van der Waals surface area contributed by atoms with Gasteiger partial charge in [0.25, 0.3) is 5.56 Å². The van der Waals surface area contributed by atoms with Crippen molar-refractivity contribution in [2.45, 2.75) is 161 Å². The van der Waals surface area contributed by atoms with E-state index in [2.05, 4.69) is 28.2 Å². The van der Waals surface area contributed by atoms with Crippen LogP contribution in [0.15, 0.2) is 53.5 Å². The van der Waals surface area contributed by atoms with Gasteiger partial charge in [0.1, 0.15) is 44.5 Å². The molecule has 3 rings (SSSR count). The van der Waals surface area contributed by atoms with Crippen LogP contribution in [0.25, 0.3) is 0 Å². The Morgan fingerprint density at radius 1 is 0.663 bits per heavy atom. The number of nitrogens with one attached hydrogen (secondary N) is 4. The highest BCUT2D eigenvalue weighted by atomic mass is 35.5. The molecule has 0 spiro atoms. The first kappa shape index (κ1) is 82.5. The molecule has 0 aliphatic heterocycles. The van der Waals surface area contributed by atoms with E-state index in [-0.39, 0.29) is 157 Å². The van der Waals surface area contributed by atoms with Gasteiger partial charge in [-0.05, 0) is 49.6 Å². The smallest absolute Gasteiger partial charge is 0.472 e. The predicted molar refractivity (Wildman–Crippen MR) is 351 cm³/mol. The number of phosphoric acid groups is 1. The van der Waals surface area contributed by atoms with E-state index in [0.717, 1.165) is 19.3 Å². The molecule has 0 aliphatic rings. The summed E-state index contributed by atoms with van der Waals surface area (Å²) in [6, 6.07) is 8.13. The summed E-state index contributed by atoms with van der Waals surface area (Å²) in [5.74, 6) is -4.00. The van der Waals surface area contributed by atoms with Gasteiger partial charge in [-0.2, -0.15) is 0 Å². The van der Waals surface area contributed by atoms with Gasteiger partial charge in [-0.25, -0.2) is 9.36 Å². The first-order valence-electron chi connectivity index (χ1n) is 32.5. The minimum atomic E-state index is -4.62. The van der Waals surface area contributed by atoms with Gasteiger partial charge in [0.15, 0.2) is 23.3 Å². The summed E-state index contributed by atoms with van der Waals surface area (Å²) in [6.07, 6.45) is 17.8. The number of carboxylic acids is 1. The Kier molecular flexibility index (Phi) is 43.2. The van der Waals surface area contributed by atoms with E-state index in [1.807, 2.05) is 0 Å². The van der Waals surface area contributed by atoms with Crippen LogP contribution in [0.3, 0.4) is 0 Å². The Morgan fingerprint density at radius 3 is 1.83 bits per heavy atom. The van der Waals surface area contributed by atoms with Gasteiger partial charge in [0.2, 0.25) is 11.8 Å². The van der Waals surface area contributed by atoms with Crippen LogP contribution < -0.4 is 31.6 Å². The molecule has 28 nitrogen and oxygen atoms in total. The lowest BCUT2D eigenvalue weighted by Crippen LogP contribution is -2.36. The Labute approximate surface area is 560 Å². The molecule has 1 aromatic heterocycles. The van der Waals surface area contributed by atoms with E-state index in [1.54, 1.807) is 13.0 Å². The Hall–Kier alpha value is -6.72. The molecular weight excluding hydrogens is 1290 g/mol. The average Bonchev–Trinajstić information content (AvgIpc) is 0.797. The van der Waals surface area contributed by atoms with Gasteiger partial charge in [-0.3, -0.25) is 42.6 Å². The molecule has 4 amide bonds. The van der Waals surface area contributed by atoms with E-state index < -0.39 is 80.9 Å². The molecular formula is C65H99ClN5O23P. The first-order chi connectivity index (χ1) is 45.7. The summed E-state index contributed by atoms with van der Waals surface area (Å²) in [5, 5.41) is 40.4. The monoisotopic (exact) mass is 1380 g/mol. The van der Waals surface area contributed by atoms with E-state index >= 15 is 0 Å². The fourth-order valence-corrected chi connectivity index (χ4v) is 10.3. The number of unbranched alkanes of at least 4 members (excludes halogenated alkanes) is 14. The fraction of sp³-hybridized carbons (Fsp3) is 0.631. The number of carbonyl (C=O) groups is 7. The summed E-state index contributed by atoms with van der Waals surface area (Å²) in [7, 11) is -4.62. The zero-order valence-electron chi connectivity index (χ0n) is 55.0. The van der Waals surface area contributed by atoms with Crippen molar-refractivity contribution >= 4 is 66.6 Å². The highest BCUT2D eigenvalue weighted by molar-refractivity contribution is 7.47. The van der Waals surface area contributed by atoms with Crippen LogP contribution in [0, 0.1) is 6.92 Å². The summed E-state index contributed by atoms with van der Waals surface area (Å²) >= 11 is 6.33. The van der Waals surface area contributed by atoms with Gasteiger partial charge in [-0.1, -0.05) is 127 Å². The van der Waals surface area contributed by atoms with Gasteiger partial charge in [0, 0.05) is 55.2 Å². The maximum absolute atomic E-state index is 13.9. The lowest BCUT2D eigenvalue weighted by atomic mass is 10.0. The number of Topliss-reactive ketones (excluding diaryl/α,β-unsaturated/α-hetero) is 1. The minimum absolute atomic E-state index is 0.00535. The zero-order valence-corrected chi connectivity index (χ0v) is 56.7. The molecule has 0 aliphatic carbocycles. The van der Waals surface area contributed by atoms with Crippen LogP contribution in [-0.2, 0) is 82.1 Å². The number of nitrogens with zero attached hydrogens (tertiary/aromatic N) is 1. The first-order valence-corrected chi connectivity index (χ1v) is 34.3. The number of rotatable bonds is 56. The lowest BCUT2D eigenvalue weighted by molar-refractivity contribution is -0.160. The molecule has 0 saturated carbocycles. The molecule has 3 aromatic rings. The van der Waals surface area contributed by atoms with Crippen LogP contribution >= 0.6 is 19.4 Å². The number of ether oxygens (including phenoxy) is 8. The SMILES string of the molecule is CCCCCCCCCCCCCCCCCC(=O)O[C@H](COC(C)=O)COP(=O)(O)OCCCC(=O)COCCOCCNC(=O)COCC(=O)NCCOCCOCCOc1c(C)cn(Cc2c(O)cccc2Cl)c(=O)c1NC(=O)N[C@@H](CC(=O)O)c1cccc(O)c1. The number of anilines is 1. The van der Waals surface area contributed by atoms with E-state index in [4.69, 9.17) is 58.5 Å². The van der Waals surface area contributed by atoms with Crippen molar-refractivity contribution in [3.63, 3.8) is 0 Å². The van der Waals surface area contributed by atoms with Crippen LogP contribution in [0.1, 0.15) is 159 Å². The molecule has 30 heteroatoms. The van der Waals surface area contributed by atoms with Gasteiger partial charge in [-0.15, -0.1) is 0 Å². The van der Waals surface area contributed by atoms with Crippen LogP contribution in [0.4, 0.5) is 10.5 Å². The summed E-state index contributed by atoms with van der Waals surface area (Å²) in [6.45, 7) is 3.49. The second-order valence-corrected chi connectivity index (χ2v) is 24.2. The van der Waals surface area contributed by atoms with E-state index in [0.29, 0.717) is 17.5 Å². The highest BCUT2D eigenvalue weighted by Crippen LogP contribution is 2.43. The third-order valence-electron chi connectivity index (χ3n) is 14.1. The molecule has 95 heavy (non-hydrogen) atoms. The number of ketones is 1. The van der Waals surface area contributed by atoms with Crippen molar-refractivity contribution in [1.82, 2.24) is 20.5 Å². The number of aromatic nitrogens is 1. The number of esters is 2. The number of phenols is 2. The molecule has 0 fully saturated rings. The number of halogens is 1. The van der Waals surface area contributed by atoms with Crippen LogP contribution in [-0.4, -0.2) is 178 Å². The summed E-state index contributed by atoms with van der Waals surface area (Å²) in [4.78, 5) is 110. The van der Waals surface area contributed by atoms with Crippen molar-refractivity contribution in [2.24, 2.45) is 0 Å². The number of aliphatic carboxylic acids is 1. The number of pyridine rings is 1. The van der Waals surface area contributed by atoms with Crippen LogP contribution in [0.2, 0.25) is 5.02 Å². The largest absolute Gasteiger partial charge is 0.508 e. The second kappa shape index (κ2) is 49.8. The van der Waals surface area contributed by atoms with Crippen molar-refractivity contribution in [1.29, 1.82) is 0 Å². The number of carboxylic acid groups (broad SMARTS) is 1.